The number of sulfone groups is 1. The van der Waals surface area contributed by atoms with Crippen molar-refractivity contribution in [2.75, 3.05) is 26.5 Å². The number of aromatic nitrogens is 5. The molecule has 34 heavy (non-hydrogen) atoms. The summed E-state index contributed by atoms with van der Waals surface area (Å²) in [7, 11) is -1.01. The fraction of sp³-hybridized carbons (Fsp3) is 0.389. The van der Waals surface area contributed by atoms with Crippen molar-refractivity contribution in [1.29, 1.82) is 0 Å². The smallest absolute Gasteiger partial charge is 0.456 e. The van der Waals surface area contributed by atoms with Crippen molar-refractivity contribution in [3.8, 4) is 17.1 Å². The predicted octanol–water partition coefficient (Wildman–Crippen LogP) is 2.26. The van der Waals surface area contributed by atoms with Crippen LogP contribution in [0.25, 0.3) is 16.9 Å². The van der Waals surface area contributed by atoms with Gasteiger partial charge in [-0.3, -0.25) is 4.79 Å². The van der Waals surface area contributed by atoms with Gasteiger partial charge in [0.05, 0.1) is 11.3 Å². The molecule has 0 unspecified atom stereocenters. The summed E-state index contributed by atoms with van der Waals surface area (Å²) < 4.78 is 93.8. The number of carbonyl (C=O) groups excluding carboxylic acids is 1. The largest absolute Gasteiger partial charge is 0.470 e. The molecular weight excluding hydrogens is 491 g/mol. The lowest BCUT2D eigenvalue weighted by Crippen LogP contribution is -2.41. The van der Waals surface area contributed by atoms with Crippen LogP contribution in [0.2, 0.25) is 0 Å². The molecule has 0 atom stereocenters. The number of ether oxygens (including phenoxy) is 1. The molecule has 184 valence electrons. The number of nitrogens with zero attached hydrogens (tertiary/aromatic N) is 6. The molecule has 0 fully saturated rings. The Balaban J connectivity index is 2.09. The van der Waals surface area contributed by atoms with Gasteiger partial charge in [0.2, 0.25) is 5.88 Å². The van der Waals surface area contributed by atoms with Gasteiger partial charge < -0.3 is 9.64 Å². The summed E-state index contributed by atoms with van der Waals surface area (Å²) in [6.45, 7) is -0.653. The maximum absolute atomic E-state index is 13.1. The van der Waals surface area contributed by atoms with Crippen LogP contribution >= 0.6 is 0 Å². The van der Waals surface area contributed by atoms with Gasteiger partial charge in [-0.25, -0.2) is 17.9 Å². The van der Waals surface area contributed by atoms with Gasteiger partial charge in [0.25, 0.3) is 5.91 Å². The van der Waals surface area contributed by atoms with Crippen LogP contribution in [0, 0.1) is 0 Å². The molecule has 0 aliphatic carbocycles. The van der Waals surface area contributed by atoms with Crippen LogP contribution in [0.3, 0.4) is 0 Å². The van der Waals surface area contributed by atoms with Crippen LogP contribution in [0.4, 0.5) is 22.0 Å². The second-order valence-corrected chi connectivity index (χ2v) is 9.29. The number of halogens is 5. The second-order valence-electron chi connectivity index (χ2n) is 7.10. The molecule has 0 aromatic carbocycles. The minimum Gasteiger partial charge on any atom is -0.470 e. The number of fused-ring (bicyclic) bond motifs is 1. The Hall–Kier alpha value is -3.43. The zero-order valence-electron chi connectivity index (χ0n) is 17.8. The van der Waals surface area contributed by atoms with E-state index in [4.69, 9.17) is 0 Å². The molecular formula is C18H17F5N6O4S. The molecule has 3 aromatic rings. The van der Waals surface area contributed by atoms with E-state index < -0.39 is 45.4 Å². The molecule has 3 rings (SSSR count). The fourth-order valence-electron chi connectivity index (χ4n) is 2.67. The molecule has 0 bridgehead atoms. The zero-order chi connectivity index (χ0) is 25.5. The number of alkyl halides is 5. The van der Waals surface area contributed by atoms with Gasteiger partial charge in [0.15, 0.2) is 27.1 Å². The molecule has 0 radical (unpaired) electrons. The highest BCUT2D eigenvalue weighted by Gasteiger charge is 2.58. The first-order chi connectivity index (χ1) is 15.7. The number of hydrogen-bond donors (Lipinski definition) is 0. The Labute approximate surface area is 189 Å². The molecule has 0 saturated heterocycles. The topological polar surface area (TPSA) is 120 Å². The van der Waals surface area contributed by atoms with E-state index in [1.807, 2.05) is 0 Å². The van der Waals surface area contributed by atoms with Crippen LogP contribution in [-0.4, -0.2) is 82.6 Å². The summed E-state index contributed by atoms with van der Waals surface area (Å²) in [6.07, 6.45) is -4.56. The highest BCUT2D eigenvalue weighted by atomic mass is 32.2. The van der Waals surface area contributed by atoms with Crippen LogP contribution in [0.15, 0.2) is 29.4 Å². The minimum atomic E-state index is -5.81. The molecule has 0 spiro atoms. The van der Waals surface area contributed by atoms with Crippen molar-refractivity contribution >= 4 is 21.4 Å². The normalized spacial score (nSPS) is 12.7. The Morgan fingerprint density at radius 2 is 1.79 bits per heavy atom. The van der Waals surface area contributed by atoms with Crippen molar-refractivity contribution < 1.29 is 39.9 Å². The van der Waals surface area contributed by atoms with Crippen LogP contribution in [0.1, 0.15) is 17.4 Å². The van der Waals surface area contributed by atoms with Crippen molar-refractivity contribution in [1.82, 2.24) is 29.7 Å². The summed E-state index contributed by atoms with van der Waals surface area (Å²) in [5.41, 5.74) is -0.337. The maximum atomic E-state index is 13.1. The molecule has 0 aliphatic heterocycles. The van der Waals surface area contributed by atoms with Crippen molar-refractivity contribution in [3.63, 3.8) is 0 Å². The first-order valence-electron chi connectivity index (χ1n) is 9.43. The molecule has 10 nitrogen and oxygen atoms in total. The number of amides is 1. The third-order valence-corrected chi connectivity index (χ3v) is 6.13. The van der Waals surface area contributed by atoms with Gasteiger partial charge in [0.1, 0.15) is 11.4 Å². The highest BCUT2D eigenvalue weighted by Crippen LogP contribution is 2.36. The van der Waals surface area contributed by atoms with Crippen LogP contribution < -0.4 is 4.74 Å². The van der Waals surface area contributed by atoms with E-state index in [0.717, 1.165) is 16.6 Å². The fourth-order valence-corrected chi connectivity index (χ4v) is 3.66. The molecule has 0 saturated carbocycles. The van der Waals surface area contributed by atoms with Crippen molar-refractivity contribution in [2.24, 2.45) is 0 Å². The van der Waals surface area contributed by atoms with E-state index in [0.29, 0.717) is 0 Å². The zero-order valence-corrected chi connectivity index (χ0v) is 18.7. The van der Waals surface area contributed by atoms with E-state index in [-0.39, 0.29) is 28.4 Å². The third-order valence-electron chi connectivity index (χ3n) is 4.50. The van der Waals surface area contributed by atoms with Gasteiger partial charge in [-0.1, -0.05) is 6.92 Å². The predicted molar refractivity (Wildman–Crippen MR) is 106 cm³/mol. The van der Waals surface area contributed by atoms with Crippen molar-refractivity contribution in [3.05, 3.63) is 30.1 Å². The lowest BCUT2D eigenvalue weighted by Gasteiger charge is -2.19. The van der Waals surface area contributed by atoms with E-state index in [1.54, 1.807) is 0 Å². The first kappa shape index (κ1) is 25.2. The highest BCUT2D eigenvalue weighted by molar-refractivity contribution is 7.91. The van der Waals surface area contributed by atoms with Gasteiger partial charge in [-0.2, -0.15) is 27.1 Å². The molecule has 1 amide bonds. The Bertz CT molecular complexity index is 1320. The number of rotatable bonds is 7. The maximum Gasteiger partial charge on any atom is 0.456 e. The van der Waals surface area contributed by atoms with E-state index >= 15 is 0 Å². The standard InChI is InChI=1S/C18H17F5N6O4S/c1-4-34(31,32)15-13(14-24-8-7-11(29(14)27-15)16(30)28(2)3)10-5-6-12(26-25-10)33-9-17(19,20)18(21,22)23/h5-8H,4,9H2,1-3H3. The summed E-state index contributed by atoms with van der Waals surface area (Å²) in [5, 5.41) is 10.7. The third kappa shape index (κ3) is 4.62. The Morgan fingerprint density at radius 1 is 1.12 bits per heavy atom. The summed E-state index contributed by atoms with van der Waals surface area (Å²) in [4.78, 5) is 17.8. The SMILES string of the molecule is CCS(=O)(=O)c1nn2c(C(=O)N(C)C)ccnc2c1-c1ccc(OCC(F)(F)C(F)(F)F)nn1. The molecule has 3 aromatic heterocycles. The molecule has 0 aliphatic rings. The molecule has 0 N–H and O–H groups in total. The van der Waals surface area contributed by atoms with E-state index in [2.05, 4.69) is 25.0 Å². The van der Waals surface area contributed by atoms with E-state index in [9.17, 15) is 35.2 Å². The van der Waals surface area contributed by atoms with Gasteiger partial charge in [-0.15, -0.1) is 10.2 Å². The van der Waals surface area contributed by atoms with Gasteiger partial charge in [-0.05, 0) is 12.1 Å². The lowest BCUT2D eigenvalue weighted by molar-refractivity contribution is -0.290. The summed E-state index contributed by atoms with van der Waals surface area (Å²) in [5.74, 6) is -6.62. The Kier molecular flexibility index (Phi) is 6.47. The second kappa shape index (κ2) is 8.73. The number of hydrogen-bond acceptors (Lipinski definition) is 8. The van der Waals surface area contributed by atoms with Crippen molar-refractivity contribution in [2.45, 2.75) is 24.0 Å². The lowest BCUT2D eigenvalue weighted by atomic mass is 10.2. The van der Waals surface area contributed by atoms with Crippen LogP contribution in [0.5, 0.6) is 5.88 Å². The first-order valence-corrected chi connectivity index (χ1v) is 11.1. The van der Waals surface area contributed by atoms with Gasteiger partial charge >= 0.3 is 12.1 Å². The number of carbonyl (C=O) groups is 1. The quantitative estimate of drug-likeness (QED) is 0.446. The van der Waals surface area contributed by atoms with Crippen LogP contribution in [-0.2, 0) is 9.84 Å². The summed E-state index contributed by atoms with van der Waals surface area (Å²) >= 11 is 0. The van der Waals surface area contributed by atoms with Gasteiger partial charge in [0, 0.05) is 26.4 Å². The average Bonchev–Trinajstić information content (AvgIpc) is 3.17. The monoisotopic (exact) mass is 508 g/mol. The summed E-state index contributed by atoms with van der Waals surface area (Å²) in [6, 6.07) is 3.37. The Morgan fingerprint density at radius 3 is 2.32 bits per heavy atom. The molecule has 16 heteroatoms. The molecule has 3 heterocycles. The van der Waals surface area contributed by atoms with E-state index in [1.165, 1.54) is 38.2 Å². The average molecular weight is 508 g/mol. The minimum absolute atomic E-state index is 0.00361.